The molecule has 156 valence electrons. The van der Waals surface area contributed by atoms with E-state index in [4.69, 9.17) is 4.74 Å². The lowest BCUT2D eigenvalue weighted by molar-refractivity contribution is -0.136. The summed E-state index contributed by atoms with van der Waals surface area (Å²) in [6.07, 6.45) is 3.67. The summed E-state index contributed by atoms with van der Waals surface area (Å²) in [6, 6.07) is 15.7. The average molecular weight is 405 g/mol. The maximum atomic E-state index is 13.5. The maximum Gasteiger partial charge on any atom is 0.278 e. The van der Waals surface area contributed by atoms with Crippen molar-refractivity contribution in [3.05, 3.63) is 65.4 Å². The largest absolute Gasteiger partial charge is 0.494 e. The number of hydrogen-bond acceptors (Lipinski definition) is 4. The minimum atomic E-state index is -0.198. The SMILES string of the molecule is CCCCN1C(=O)C(c2ccc(OCC)cc2)=C(N2CCCc3ccccc32)C1=O. The fourth-order valence-corrected chi connectivity index (χ4v) is 4.24. The lowest BCUT2D eigenvalue weighted by atomic mass is 9.98. The fourth-order valence-electron chi connectivity index (χ4n) is 4.24. The van der Waals surface area contributed by atoms with Gasteiger partial charge in [-0.1, -0.05) is 43.7 Å². The Morgan fingerprint density at radius 1 is 0.967 bits per heavy atom. The molecule has 0 fully saturated rings. The number of hydrogen-bond donors (Lipinski definition) is 0. The zero-order valence-corrected chi connectivity index (χ0v) is 17.7. The van der Waals surface area contributed by atoms with Gasteiger partial charge in [0.1, 0.15) is 11.4 Å². The number of imide groups is 1. The van der Waals surface area contributed by atoms with Crippen LogP contribution in [0.3, 0.4) is 0 Å². The number of nitrogens with zero attached hydrogens (tertiary/aromatic N) is 2. The van der Waals surface area contributed by atoms with Crippen LogP contribution in [0.15, 0.2) is 54.2 Å². The van der Waals surface area contributed by atoms with Gasteiger partial charge in [0, 0.05) is 18.8 Å². The molecule has 0 aromatic heterocycles. The van der Waals surface area contributed by atoms with Crippen LogP contribution in [0.4, 0.5) is 5.69 Å². The molecule has 4 rings (SSSR count). The van der Waals surface area contributed by atoms with Crippen molar-refractivity contribution in [3.8, 4) is 5.75 Å². The van der Waals surface area contributed by atoms with Gasteiger partial charge in [-0.25, -0.2) is 0 Å². The van der Waals surface area contributed by atoms with Crippen LogP contribution in [0, 0.1) is 0 Å². The molecular formula is C25H28N2O3. The van der Waals surface area contributed by atoms with Crippen molar-refractivity contribution >= 4 is 23.1 Å². The van der Waals surface area contributed by atoms with Gasteiger partial charge in [0.05, 0.1) is 12.2 Å². The predicted octanol–water partition coefficient (Wildman–Crippen LogP) is 4.42. The standard InChI is InChI=1S/C25H28N2O3/c1-3-5-16-27-24(28)22(19-12-14-20(15-13-19)30-4-2)23(25(27)29)26-17-8-10-18-9-6-7-11-21(18)26/h6-7,9,11-15H,3-5,8,10,16-17H2,1-2H3. The summed E-state index contributed by atoms with van der Waals surface area (Å²) in [5.74, 6) is 0.371. The molecule has 0 saturated carbocycles. The van der Waals surface area contributed by atoms with E-state index in [-0.39, 0.29) is 11.8 Å². The van der Waals surface area contributed by atoms with Gasteiger partial charge >= 0.3 is 0 Å². The monoisotopic (exact) mass is 404 g/mol. The number of fused-ring (bicyclic) bond motifs is 1. The van der Waals surface area contributed by atoms with Crippen LogP contribution in [0.5, 0.6) is 5.75 Å². The summed E-state index contributed by atoms with van der Waals surface area (Å²) in [6.45, 7) is 5.77. The molecule has 0 atom stereocenters. The molecule has 0 aliphatic carbocycles. The first-order valence-corrected chi connectivity index (χ1v) is 10.8. The first-order chi connectivity index (χ1) is 14.7. The number of ether oxygens (including phenoxy) is 1. The average Bonchev–Trinajstić information content (AvgIpc) is 3.02. The molecule has 2 heterocycles. The van der Waals surface area contributed by atoms with Crippen LogP contribution in [0.2, 0.25) is 0 Å². The highest BCUT2D eigenvalue weighted by molar-refractivity contribution is 6.36. The van der Waals surface area contributed by atoms with Gasteiger partial charge in [-0.2, -0.15) is 0 Å². The molecule has 0 radical (unpaired) electrons. The Hall–Kier alpha value is -3.08. The van der Waals surface area contributed by atoms with Gasteiger partial charge in [-0.05, 0) is 55.5 Å². The van der Waals surface area contributed by atoms with Crippen molar-refractivity contribution < 1.29 is 14.3 Å². The van der Waals surface area contributed by atoms with Gasteiger partial charge < -0.3 is 9.64 Å². The van der Waals surface area contributed by atoms with E-state index < -0.39 is 0 Å². The van der Waals surface area contributed by atoms with Crippen LogP contribution in [0.25, 0.3) is 5.57 Å². The molecule has 0 N–H and O–H groups in total. The number of aryl methyl sites for hydroxylation is 1. The summed E-state index contributed by atoms with van der Waals surface area (Å²) in [4.78, 5) is 30.3. The Morgan fingerprint density at radius 3 is 2.47 bits per heavy atom. The molecule has 2 aromatic rings. The molecule has 0 saturated heterocycles. The zero-order valence-electron chi connectivity index (χ0n) is 17.7. The Kier molecular flexibility index (Phi) is 5.88. The normalized spacial score (nSPS) is 16.3. The molecule has 5 nitrogen and oxygen atoms in total. The number of carbonyl (C=O) groups excluding carboxylic acids is 2. The Bertz CT molecular complexity index is 978. The number of unbranched alkanes of at least 4 members (excludes halogenated alkanes) is 1. The summed E-state index contributed by atoms with van der Waals surface area (Å²) < 4.78 is 5.55. The lowest BCUT2D eigenvalue weighted by Crippen LogP contribution is -2.37. The molecule has 2 aliphatic rings. The minimum absolute atomic E-state index is 0.186. The van der Waals surface area contributed by atoms with E-state index in [0.717, 1.165) is 49.2 Å². The third-order valence-corrected chi connectivity index (χ3v) is 5.71. The molecule has 0 unspecified atom stereocenters. The lowest BCUT2D eigenvalue weighted by Gasteiger charge is -2.32. The number of carbonyl (C=O) groups is 2. The minimum Gasteiger partial charge on any atom is -0.494 e. The van der Waals surface area contributed by atoms with E-state index in [0.29, 0.717) is 24.4 Å². The third kappa shape index (κ3) is 3.60. The third-order valence-electron chi connectivity index (χ3n) is 5.71. The fraction of sp³-hybridized carbons (Fsp3) is 0.360. The van der Waals surface area contributed by atoms with Crippen molar-refractivity contribution in [3.63, 3.8) is 0 Å². The number of anilines is 1. The van der Waals surface area contributed by atoms with E-state index in [1.54, 1.807) is 0 Å². The van der Waals surface area contributed by atoms with E-state index in [1.807, 2.05) is 49.4 Å². The molecule has 2 aliphatic heterocycles. The van der Waals surface area contributed by atoms with Gasteiger partial charge in [0.15, 0.2) is 0 Å². The topological polar surface area (TPSA) is 49.9 Å². The second kappa shape index (κ2) is 8.74. The van der Waals surface area contributed by atoms with E-state index in [1.165, 1.54) is 10.5 Å². The van der Waals surface area contributed by atoms with Gasteiger partial charge in [0.2, 0.25) is 0 Å². The van der Waals surface area contributed by atoms with Crippen LogP contribution >= 0.6 is 0 Å². The first-order valence-electron chi connectivity index (χ1n) is 10.8. The summed E-state index contributed by atoms with van der Waals surface area (Å²) in [5.41, 5.74) is 4.01. The summed E-state index contributed by atoms with van der Waals surface area (Å²) in [7, 11) is 0. The molecule has 30 heavy (non-hydrogen) atoms. The van der Waals surface area contributed by atoms with Crippen molar-refractivity contribution in [2.45, 2.75) is 39.5 Å². The molecule has 0 spiro atoms. The van der Waals surface area contributed by atoms with Crippen molar-refractivity contribution in [2.24, 2.45) is 0 Å². The maximum absolute atomic E-state index is 13.5. The Labute approximate surface area is 177 Å². The first kappa shape index (κ1) is 20.2. The molecule has 2 aromatic carbocycles. The van der Waals surface area contributed by atoms with Gasteiger partial charge in [-0.15, -0.1) is 0 Å². The number of rotatable bonds is 7. The zero-order chi connectivity index (χ0) is 21.1. The van der Waals surface area contributed by atoms with Crippen LogP contribution in [0.1, 0.15) is 44.2 Å². The predicted molar refractivity (Wildman–Crippen MR) is 118 cm³/mol. The molecule has 2 amide bonds. The number of para-hydroxylation sites is 1. The van der Waals surface area contributed by atoms with Crippen molar-refractivity contribution in [1.82, 2.24) is 4.90 Å². The van der Waals surface area contributed by atoms with Crippen molar-refractivity contribution in [2.75, 3.05) is 24.6 Å². The number of benzene rings is 2. The van der Waals surface area contributed by atoms with E-state index in [2.05, 4.69) is 17.9 Å². The van der Waals surface area contributed by atoms with Crippen LogP contribution < -0.4 is 9.64 Å². The van der Waals surface area contributed by atoms with Crippen molar-refractivity contribution in [1.29, 1.82) is 0 Å². The Balaban J connectivity index is 1.81. The quantitative estimate of drug-likeness (QED) is 0.641. The molecule has 0 bridgehead atoms. The van der Waals surface area contributed by atoms with Crippen LogP contribution in [-0.2, 0) is 16.0 Å². The second-order valence-electron chi connectivity index (χ2n) is 7.68. The highest BCUT2D eigenvalue weighted by Gasteiger charge is 2.42. The number of amides is 2. The highest BCUT2D eigenvalue weighted by Crippen LogP contribution is 2.38. The molecule has 5 heteroatoms. The highest BCUT2D eigenvalue weighted by atomic mass is 16.5. The Morgan fingerprint density at radius 2 is 1.73 bits per heavy atom. The summed E-state index contributed by atoms with van der Waals surface area (Å²) in [5, 5.41) is 0. The van der Waals surface area contributed by atoms with Gasteiger partial charge in [0.25, 0.3) is 11.8 Å². The second-order valence-corrected chi connectivity index (χ2v) is 7.68. The smallest absolute Gasteiger partial charge is 0.278 e. The van der Waals surface area contributed by atoms with Gasteiger partial charge in [-0.3, -0.25) is 14.5 Å². The summed E-state index contributed by atoms with van der Waals surface area (Å²) >= 11 is 0. The van der Waals surface area contributed by atoms with E-state index in [9.17, 15) is 9.59 Å². The molecular weight excluding hydrogens is 376 g/mol. The van der Waals surface area contributed by atoms with E-state index >= 15 is 0 Å². The van der Waals surface area contributed by atoms with Crippen LogP contribution in [-0.4, -0.2) is 36.4 Å².